The summed E-state index contributed by atoms with van der Waals surface area (Å²) in [5.41, 5.74) is 0.330. The van der Waals surface area contributed by atoms with E-state index in [2.05, 4.69) is 10.2 Å². The van der Waals surface area contributed by atoms with Gasteiger partial charge in [0.1, 0.15) is 0 Å². The summed E-state index contributed by atoms with van der Waals surface area (Å²) in [6.45, 7) is 6.04. The lowest BCUT2D eigenvalue weighted by atomic mass is 9.79. The summed E-state index contributed by atoms with van der Waals surface area (Å²) in [4.78, 5) is 2.75. The molecule has 2 saturated heterocycles. The summed E-state index contributed by atoms with van der Waals surface area (Å²) in [6.07, 6.45) is 12.8. The Morgan fingerprint density at radius 1 is 1.08 bits per heavy atom. The lowest BCUT2D eigenvalue weighted by Crippen LogP contribution is -2.58. The van der Waals surface area contributed by atoms with Gasteiger partial charge < -0.3 is 19.9 Å². The van der Waals surface area contributed by atoms with Crippen LogP contribution in [0.15, 0.2) is 0 Å². The van der Waals surface area contributed by atoms with Crippen molar-refractivity contribution in [2.75, 3.05) is 46.0 Å². The zero-order valence-electron chi connectivity index (χ0n) is 15.9. The van der Waals surface area contributed by atoms with Crippen LogP contribution >= 0.6 is 0 Å². The molecular formula is C20H38N2O3. The van der Waals surface area contributed by atoms with Gasteiger partial charge in [0.2, 0.25) is 0 Å². The monoisotopic (exact) mass is 354 g/mol. The van der Waals surface area contributed by atoms with Crippen LogP contribution in [0.5, 0.6) is 0 Å². The number of nitrogens with zero attached hydrogens (tertiary/aromatic N) is 1. The molecule has 0 aromatic heterocycles. The maximum absolute atomic E-state index is 10.2. The molecule has 2 aliphatic heterocycles. The van der Waals surface area contributed by atoms with Crippen molar-refractivity contribution in [3.05, 3.63) is 0 Å². The summed E-state index contributed by atoms with van der Waals surface area (Å²) < 4.78 is 11.2. The fourth-order valence-corrected chi connectivity index (χ4v) is 4.82. The molecule has 1 saturated carbocycles. The molecule has 0 spiro atoms. The molecule has 0 radical (unpaired) electrons. The average molecular weight is 355 g/mol. The van der Waals surface area contributed by atoms with Crippen LogP contribution in [0.3, 0.4) is 0 Å². The molecule has 146 valence electrons. The van der Waals surface area contributed by atoms with Crippen LogP contribution in [-0.4, -0.2) is 73.8 Å². The van der Waals surface area contributed by atoms with E-state index in [0.717, 1.165) is 26.0 Å². The zero-order chi connectivity index (χ0) is 17.4. The van der Waals surface area contributed by atoms with E-state index >= 15 is 0 Å². The SMILES string of the molecule is O[C@@H](CNCC1(N2CCCCC2)CCCCC1)COC[C@H]1CCCO1. The highest BCUT2D eigenvalue weighted by molar-refractivity contribution is 4.96. The molecule has 3 fully saturated rings. The largest absolute Gasteiger partial charge is 0.389 e. The number of rotatable bonds is 9. The molecule has 25 heavy (non-hydrogen) atoms. The number of aliphatic hydroxyl groups is 1. The molecule has 0 bridgehead atoms. The second kappa shape index (κ2) is 10.2. The van der Waals surface area contributed by atoms with Crippen molar-refractivity contribution in [2.45, 2.75) is 82.0 Å². The van der Waals surface area contributed by atoms with Crippen LogP contribution in [0.1, 0.15) is 64.2 Å². The predicted molar refractivity (Wildman–Crippen MR) is 99.9 cm³/mol. The van der Waals surface area contributed by atoms with Gasteiger partial charge in [0.15, 0.2) is 0 Å². The normalized spacial score (nSPS) is 28.9. The Hall–Kier alpha value is -0.200. The second-order valence-electron chi connectivity index (χ2n) is 8.29. The van der Waals surface area contributed by atoms with Gasteiger partial charge in [-0.1, -0.05) is 25.7 Å². The third-order valence-corrected chi connectivity index (χ3v) is 6.28. The average Bonchev–Trinajstić information content (AvgIpc) is 3.17. The van der Waals surface area contributed by atoms with E-state index in [4.69, 9.17) is 9.47 Å². The molecule has 0 aromatic carbocycles. The van der Waals surface area contributed by atoms with Crippen molar-refractivity contribution in [3.63, 3.8) is 0 Å². The molecule has 2 N–H and O–H groups in total. The van der Waals surface area contributed by atoms with Crippen LogP contribution < -0.4 is 5.32 Å². The number of hydrogen-bond acceptors (Lipinski definition) is 5. The van der Waals surface area contributed by atoms with Gasteiger partial charge in [0.25, 0.3) is 0 Å². The Labute approximate surface area is 153 Å². The minimum Gasteiger partial charge on any atom is -0.389 e. The maximum Gasteiger partial charge on any atom is 0.0897 e. The van der Waals surface area contributed by atoms with E-state index in [9.17, 15) is 5.11 Å². The van der Waals surface area contributed by atoms with Gasteiger partial charge in [-0.05, 0) is 51.6 Å². The molecule has 0 unspecified atom stereocenters. The van der Waals surface area contributed by atoms with Crippen molar-refractivity contribution < 1.29 is 14.6 Å². The standard InChI is InChI=1S/C20H38N2O3/c23-18(15-24-16-19-8-7-13-25-19)14-21-17-20(9-3-1-4-10-20)22-11-5-2-6-12-22/h18-19,21,23H,1-17H2/t18-,19+/m0/s1. The summed E-state index contributed by atoms with van der Waals surface area (Å²) in [7, 11) is 0. The van der Waals surface area contributed by atoms with Gasteiger partial charge in [0, 0.05) is 25.2 Å². The van der Waals surface area contributed by atoms with Gasteiger partial charge in [-0.15, -0.1) is 0 Å². The predicted octanol–water partition coefficient (Wildman–Crippen LogP) is 2.32. The molecule has 2 heterocycles. The Balaban J connectivity index is 1.36. The Bertz CT molecular complexity index is 362. The Morgan fingerprint density at radius 3 is 2.56 bits per heavy atom. The molecule has 0 aromatic rings. The van der Waals surface area contributed by atoms with E-state index in [0.29, 0.717) is 25.3 Å². The minimum absolute atomic E-state index is 0.241. The number of nitrogens with one attached hydrogen (secondary N) is 1. The van der Waals surface area contributed by atoms with Gasteiger partial charge in [0.05, 0.1) is 25.4 Å². The lowest BCUT2D eigenvalue weighted by Gasteiger charge is -2.48. The number of aliphatic hydroxyl groups excluding tert-OH is 1. The van der Waals surface area contributed by atoms with Crippen LogP contribution in [0, 0.1) is 0 Å². The van der Waals surface area contributed by atoms with E-state index in [1.54, 1.807) is 0 Å². The first-order chi connectivity index (χ1) is 12.3. The summed E-state index contributed by atoms with van der Waals surface area (Å²) in [5.74, 6) is 0. The van der Waals surface area contributed by atoms with Crippen molar-refractivity contribution in [3.8, 4) is 0 Å². The van der Waals surface area contributed by atoms with Crippen LogP contribution in [0.4, 0.5) is 0 Å². The third kappa shape index (κ3) is 5.90. The van der Waals surface area contributed by atoms with Crippen molar-refractivity contribution in [1.29, 1.82) is 0 Å². The quantitative estimate of drug-likeness (QED) is 0.665. The van der Waals surface area contributed by atoms with Crippen molar-refractivity contribution >= 4 is 0 Å². The highest BCUT2D eigenvalue weighted by Crippen LogP contribution is 2.35. The molecule has 3 aliphatic rings. The highest BCUT2D eigenvalue weighted by Gasteiger charge is 2.37. The summed E-state index contributed by atoms with van der Waals surface area (Å²) >= 11 is 0. The van der Waals surface area contributed by atoms with Crippen molar-refractivity contribution in [2.24, 2.45) is 0 Å². The molecule has 5 nitrogen and oxygen atoms in total. The Kier molecular flexibility index (Phi) is 7.99. The van der Waals surface area contributed by atoms with E-state index in [1.165, 1.54) is 64.5 Å². The van der Waals surface area contributed by atoms with E-state index in [-0.39, 0.29) is 6.10 Å². The van der Waals surface area contributed by atoms with E-state index in [1.807, 2.05) is 0 Å². The van der Waals surface area contributed by atoms with Gasteiger partial charge in [-0.3, -0.25) is 4.90 Å². The minimum atomic E-state index is -0.427. The molecule has 2 atom stereocenters. The molecule has 1 aliphatic carbocycles. The second-order valence-corrected chi connectivity index (χ2v) is 8.29. The topological polar surface area (TPSA) is 54.0 Å². The van der Waals surface area contributed by atoms with Crippen LogP contribution in [-0.2, 0) is 9.47 Å². The third-order valence-electron chi connectivity index (χ3n) is 6.28. The van der Waals surface area contributed by atoms with E-state index < -0.39 is 6.10 Å². The molecule has 0 amide bonds. The summed E-state index contributed by atoms with van der Waals surface area (Å²) in [5, 5.41) is 13.8. The Morgan fingerprint density at radius 2 is 1.84 bits per heavy atom. The molecule has 5 heteroatoms. The molecular weight excluding hydrogens is 316 g/mol. The highest BCUT2D eigenvalue weighted by atomic mass is 16.5. The summed E-state index contributed by atoms with van der Waals surface area (Å²) in [6, 6.07) is 0. The van der Waals surface area contributed by atoms with Gasteiger partial charge in [-0.2, -0.15) is 0 Å². The molecule has 3 rings (SSSR count). The smallest absolute Gasteiger partial charge is 0.0897 e. The first-order valence-electron chi connectivity index (χ1n) is 10.6. The van der Waals surface area contributed by atoms with Gasteiger partial charge >= 0.3 is 0 Å². The lowest BCUT2D eigenvalue weighted by molar-refractivity contribution is -0.0186. The maximum atomic E-state index is 10.2. The fourth-order valence-electron chi connectivity index (χ4n) is 4.82. The zero-order valence-corrected chi connectivity index (χ0v) is 15.9. The van der Waals surface area contributed by atoms with Crippen LogP contribution in [0.2, 0.25) is 0 Å². The number of ether oxygens (including phenoxy) is 2. The fraction of sp³-hybridized carbons (Fsp3) is 1.00. The number of likely N-dealkylation sites (tertiary alicyclic amines) is 1. The first kappa shape index (κ1) is 19.6. The number of hydrogen-bond donors (Lipinski definition) is 2. The van der Waals surface area contributed by atoms with Crippen LogP contribution in [0.25, 0.3) is 0 Å². The first-order valence-corrected chi connectivity index (χ1v) is 10.6. The number of piperidine rings is 1. The van der Waals surface area contributed by atoms with Gasteiger partial charge in [-0.25, -0.2) is 0 Å². The van der Waals surface area contributed by atoms with Crippen molar-refractivity contribution in [1.82, 2.24) is 10.2 Å².